The third-order valence-electron chi connectivity index (χ3n) is 4.51. The number of hydrogen-bond donors (Lipinski definition) is 2. The number of carbonyl (C=O) groups excluding carboxylic acids is 1. The van der Waals surface area contributed by atoms with Crippen LogP contribution in [0.4, 0.5) is 26.1 Å². The Balaban J connectivity index is 1.61. The summed E-state index contributed by atoms with van der Waals surface area (Å²) in [5.41, 5.74) is 1.56. The second kappa shape index (κ2) is 8.85. The Morgan fingerprint density at radius 1 is 1.15 bits per heavy atom. The van der Waals surface area contributed by atoms with Gasteiger partial charge in [0.2, 0.25) is 18.5 Å². The van der Waals surface area contributed by atoms with Crippen LogP contribution in [0.3, 0.4) is 0 Å². The van der Waals surface area contributed by atoms with Gasteiger partial charge in [-0.05, 0) is 24.6 Å². The summed E-state index contributed by atoms with van der Waals surface area (Å²) in [6.07, 6.45) is 1.42. The van der Waals surface area contributed by atoms with Gasteiger partial charge in [-0.3, -0.25) is 4.79 Å². The Kier molecular flexibility index (Phi) is 5.95. The molecular weight excluding hydrogens is 436 g/mol. The maximum absolute atomic E-state index is 13.8. The van der Waals surface area contributed by atoms with Gasteiger partial charge in [0.1, 0.15) is 18.2 Å². The number of amides is 1. The third kappa shape index (κ3) is 5.43. The number of anilines is 3. The lowest BCUT2D eigenvalue weighted by Gasteiger charge is -2.16. The largest absolute Gasteiger partial charge is 0.485 e. The Morgan fingerprint density at radius 3 is 2.70 bits per heavy atom. The second-order valence-electron chi connectivity index (χ2n) is 7.45. The summed E-state index contributed by atoms with van der Waals surface area (Å²) in [5.74, 6) is -2.12. The summed E-state index contributed by atoms with van der Waals surface area (Å²) in [4.78, 5) is 23.3. The number of halogens is 2. The average molecular weight is 457 g/mol. The molecule has 33 heavy (non-hydrogen) atoms. The molecule has 1 aromatic carbocycles. The Morgan fingerprint density at radius 2 is 1.94 bits per heavy atom. The minimum absolute atomic E-state index is 0.145. The van der Waals surface area contributed by atoms with E-state index in [1.54, 1.807) is 19.1 Å². The predicted molar refractivity (Wildman–Crippen MR) is 115 cm³/mol. The minimum atomic E-state index is -3.21. The number of aryl methyl sites for hydroxylation is 1. The summed E-state index contributed by atoms with van der Waals surface area (Å²) in [7, 11) is 0. The number of nitrogens with zero attached hydrogens (tertiary/aromatic N) is 3. The van der Waals surface area contributed by atoms with Gasteiger partial charge in [-0.15, -0.1) is 0 Å². The molecule has 0 fully saturated rings. The van der Waals surface area contributed by atoms with Crippen molar-refractivity contribution in [3.05, 3.63) is 53.6 Å². The Hall–Kier alpha value is -4.02. The van der Waals surface area contributed by atoms with E-state index in [0.29, 0.717) is 28.6 Å². The first-order valence-electron chi connectivity index (χ1n) is 9.97. The van der Waals surface area contributed by atoms with Crippen molar-refractivity contribution >= 4 is 23.2 Å². The highest BCUT2D eigenvalue weighted by Gasteiger charge is 2.29. The van der Waals surface area contributed by atoms with E-state index in [0.717, 1.165) is 12.5 Å². The zero-order valence-corrected chi connectivity index (χ0v) is 18.1. The molecule has 1 amide bonds. The van der Waals surface area contributed by atoms with E-state index < -0.39 is 11.7 Å². The van der Waals surface area contributed by atoms with Crippen LogP contribution < -0.4 is 24.8 Å². The molecule has 11 heteroatoms. The molecule has 3 aromatic rings. The number of ether oxygens (including phenoxy) is 3. The molecule has 0 radical (unpaired) electrons. The molecule has 172 valence electrons. The van der Waals surface area contributed by atoms with Gasteiger partial charge in [0.25, 0.3) is 0 Å². The second-order valence-corrected chi connectivity index (χ2v) is 7.45. The van der Waals surface area contributed by atoms with Crippen LogP contribution in [0.15, 0.2) is 36.5 Å². The lowest BCUT2D eigenvalue weighted by Crippen LogP contribution is -2.14. The number of nitrogens with one attached hydrogen (secondary N) is 2. The Labute approximate surface area is 188 Å². The van der Waals surface area contributed by atoms with Crippen LogP contribution in [0.1, 0.15) is 30.9 Å². The number of aromatic nitrogens is 3. The fourth-order valence-corrected chi connectivity index (χ4v) is 3.06. The highest BCUT2D eigenvalue weighted by molar-refractivity contribution is 5.88. The summed E-state index contributed by atoms with van der Waals surface area (Å²) in [6.45, 7) is 4.01. The molecule has 2 N–H and O–H groups in total. The molecule has 1 aliphatic rings. The first kappa shape index (κ1) is 22.2. The van der Waals surface area contributed by atoms with Crippen molar-refractivity contribution in [3.8, 4) is 17.2 Å². The van der Waals surface area contributed by atoms with Crippen molar-refractivity contribution in [2.45, 2.75) is 33.3 Å². The molecular formula is C22H21F2N5O4. The van der Waals surface area contributed by atoms with Gasteiger partial charge in [0.15, 0.2) is 17.2 Å². The smallest absolute Gasteiger partial charge is 0.303 e. The van der Waals surface area contributed by atoms with Crippen LogP contribution in [-0.2, 0) is 17.3 Å². The lowest BCUT2D eigenvalue weighted by atomic mass is 10.2. The number of fused-ring (bicyclic) bond motifs is 1. The molecule has 0 bridgehead atoms. The monoisotopic (exact) mass is 457 g/mol. The maximum Gasteiger partial charge on any atom is 0.303 e. The summed E-state index contributed by atoms with van der Waals surface area (Å²) >= 11 is 0. The summed E-state index contributed by atoms with van der Waals surface area (Å²) in [6, 6.07) is 8.47. The molecule has 9 nitrogen and oxygen atoms in total. The summed E-state index contributed by atoms with van der Waals surface area (Å²) in [5, 5.41) is 5.55. The number of benzene rings is 1. The number of rotatable bonds is 7. The molecule has 0 atom stereocenters. The first-order valence-corrected chi connectivity index (χ1v) is 9.97. The molecule has 0 unspecified atom stereocenters. The summed E-state index contributed by atoms with van der Waals surface area (Å²) < 4.78 is 44.2. The van der Waals surface area contributed by atoms with E-state index in [1.165, 1.54) is 25.3 Å². The van der Waals surface area contributed by atoms with Gasteiger partial charge in [-0.2, -0.15) is 8.78 Å². The SMILES string of the molecule is CC(=O)Nc1cc(Nc2cc(C)nc(C(C)(F)F)n2)c(OCc2ccc3c(c2)OCO3)cn1. The zero-order chi connectivity index (χ0) is 23.6. The van der Waals surface area contributed by atoms with E-state index in [9.17, 15) is 13.6 Å². The van der Waals surface area contributed by atoms with E-state index >= 15 is 0 Å². The molecule has 0 saturated carbocycles. The van der Waals surface area contributed by atoms with Crippen LogP contribution in [0.2, 0.25) is 0 Å². The van der Waals surface area contributed by atoms with Crippen LogP contribution in [0, 0.1) is 6.92 Å². The van der Waals surface area contributed by atoms with E-state index in [-0.39, 0.29) is 30.9 Å². The first-order chi connectivity index (χ1) is 15.7. The van der Waals surface area contributed by atoms with Crippen molar-refractivity contribution < 1.29 is 27.8 Å². The van der Waals surface area contributed by atoms with Crippen molar-refractivity contribution in [2.75, 3.05) is 17.4 Å². The van der Waals surface area contributed by atoms with Gasteiger partial charge >= 0.3 is 5.92 Å². The Bertz CT molecular complexity index is 1200. The highest BCUT2D eigenvalue weighted by Crippen LogP contribution is 2.34. The van der Waals surface area contributed by atoms with E-state index in [4.69, 9.17) is 14.2 Å². The van der Waals surface area contributed by atoms with Crippen LogP contribution in [-0.4, -0.2) is 27.7 Å². The molecule has 0 spiro atoms. The standard InChI is InChI=1S/C22H21F2N5O4/c1-12-6-20(29-21(26-12)22(3,23)24)28-15-8-19(27-13(2)30)25-9-18(15)31-10-14-4-5-16-17(7-14)33-11-32-16/h4-9H,10-11H2,1-3H3,(H2,25,26,27,28,29,30). The molecule has 0 saturated heterocycles. The molecule has 3 heterocycles. The number of pyridine rings is 1. The number of alkyl halides is 2. The third-order valence-corrected chi connectivity index (χ3v) is 4.51. The van der Waals surface area contributed by atoms with Crippen LogP contribution >= 0.6 is 0 Å². The number of carbonyl (C=O) groups is 1. The topological polar surface area (TPSA) is 107 Å². The predicted octanol–water partition coefficient (Wildman–Crippen LogP) is 4.30. The van der Waals surface area contributed by atoms with Gasteiger partial charge < -0.3 is 24.8 Å². The molecule has 2 aromatic heterocycles. The zero-order valence-electron chi connectivity index (χ0n) is 18.1. The van der Waals surface area contributed by atoms with Gasteiger partial charge in [0, 0.05) is 31.7 Å². The maximum atomic E-state index is 13.8. The van der Waals surface area contributed by atoms with Crippen molar-refractivity contribution in [1.82, 2.24) is 15.0 Å². The van der Waals surface area contributed by atoms with Crippen LogP contribution in [0.5, 0.6) is 17.2 Å². The van der Waals surface area contributed by atoms with Gasteiger partial charge in [0.05, 0.1) is 11.9 Å². The van der Waals surface area contributed by atoms with Gasteiger partial charge in [-0.1, -0.05) is 6.07 Å². The average Bonchev–Trinajstić information content (AvgIpc) is 3.19. The fraction of sp³-hybridized carbons (Fsp3) is 0.273. The lowest BCUT2D eigenvalue weighted by molar-refractivity contribution is -0.114. The quantitative estimate of drug-likeness (QED) is 0.541. The van der Waals surface area contributed by atoms with Gasteiger partial charge in [-0.25, -0.2) is 15.0 Å². The van der Waals surface area contributed by atoms with Crippen molar-refractivity contribution in [3.63, 3.8) is 0 Å². The molecule has 1 aliphatic heterocycles. The van der Waals surface area contributed by atoms with Crippen LogP contribution in [0.25, 0.3) is 0 Å². The minimum Gasteiger partial charge on any atom is -0.485 e. The van der Waals surface area contributed by atoms with E-state index in [1.807, 2.05) is 6.07 Å². The number of hydrogen-bond acceptors (Lipinski definition) is 8. The molecule has 4 rings (SSSR count). The normalized spacial score (nSPS) is 12.4. The highest BCUT2D eigenvalue weighted by atomic mass is 19.3. The van der Waals surface area contributed by atoms with Crippen molar-refractivity contribution in [1.29, 1.82) is 0 Å². The fourth-order valence-electron chi connectivity index (χ4n) is 3.06. The molecule has 0 aliphatic carbocycles. The van der Waals surface area contributed by atoms with E-state index in [2.05, 4.69) is 25.6 Å². The van der Waals surface area contributed by atoms with Crippen molar-refractivity contribution in [2.24, 2.45) is 0 Å².